The Morgan fingerprint density at radius 3 is 2.76 bits per heavy atom. The second kappa shape index (κ2) is 6.58. The number of aromatic carboxylic acids is 1. The number of hydrogen-bond donors (Lipinski definition) is 2. The Bertz CT molecular complexity index is 544. The summed E-state index contributed by atoms with van der Waals surface area (Å²) < 4.78 is 0. The van der Waals surface area contributed by atoms with Gasteiger partial charge in [-0.1, -0.05) is 6.07 Å². The molecule has 0 fully saturated rings. The molecule has 1 aliphatic heterocycles. The Morgan fingerprint density at radius 2 is 2.14 bits per heavy atom. The van der Waals surface area contributed by atoms with Gasteiger partial charge in [0.1, 0.15) is 0 Å². The lowest BCUT2D eigenvalue weighted by Crippen LogP contribution is -2.46. The highest BCUT2D eigenvalue weighted by atomic mass is 16.4. The molecule has 114 valence electrons. The van der Waals surface area contributed by atoms with Crippen molar-refractivity contribution in [3.05, 3.63) is 29.3 Å². The Labute approximate surface area is 123 Å². The summed E-state index contributed by atoms with van der Waals surface area (Å²) in [7, 11) is 0. The number of urea groups is 1. The fourth-order valence-electron chi connectivity index (χ4n) is 2.70. The van der Waals surface area contributed by atoms with E-state index in [2.05, 4.69) is 0 Å². The van der Waals surface area contributed by atoms with Crippen LogP contribution in [-0.2, 0) is 6.42 Å². The largest absolute Gasteiger partial charge is 0.478 e. The number of carboxylic acid groups (broad SMARTS) is 1. The fraction of sp³-hybridized carbons (Fsp3) is 0.467. The van der Waals surface area contributed by atoms with E-state index in [9.17, 15) is 14.7 Å². The lowest BCUT2D eigenvalue weighted by atomic mass is 9.96. The Hall–Kier alpha value is -2.08. The fourth-order valence-corrected chi connectivity index (χ4v) is 2.70. The maximum absolute atomic E-state index is 12.6. The number of rotatable bonds is 4. The van der Waals surface area contributed by atoms with E-state index in [-0.39, 0.29) is 24.7 Å². The molecule has 2 amide bonds. The van der Waals surface area contributed by atoms with E-state index in [1.54, 1.807) is 28.0 Å². The number of likely N-dealkylation sites (N-methyl/N-ethyl adjacent to an activating group) is 1. The molecule has 2 rings (SSSR count). The zero-order valence-electron chi connectivity index (χ0n) is 12.1. The van der Waals surface area contributed by atoms with Gasteiger partial charge in [-0.25, -0.2) is 9.59 Å². The van der Waals surface area contributed by atoms with Crippen LogP contribution in [0.4, 0.5) is 10.5 Å². The molecular weight excluding hydrogens is 272 g/mol. The third-order valence-electron chi connectivity index (χ3n) is 3.73. The molecule has 2 N–H and O–H groups in total. The summed E-state index contributed by atoms with van der Waals surface area (Å²) >= 11 is 0. The van der Waals surface area contributed by atoms with Crippen LogP contribution in [0, 0.1) is 0 Å². The van der Waals surface area contributed by atoms with Crippen LogP contribution < -0.4 is 4.90 Å². The zero-order valence-corrected chi connectivity index (χ0v) is 12.1. The normalized spacial score (nSPS) is 13.7. The highest BCUT2D eigenvalue weighted by Crippen LogP contribution is 2.30. The molecule has 1 aromatic carbocycles. The molecule has 1 heterocycles. The minimum absolute atomic E-state index is 0.0879. The first kappa shape index (κ1) is 15.3. The standard InChI is InChI=1S/C15H20N2O4/c1-2-16(9-10-18)15(21)17-8-4-6-11-12(14(19)20)5-3-7-13(11)17/h3,5,7,18H,2,4,6,8-10H2,1H3,(H,19,20). The number of fused-ring (bicyclic) bond motifs is 1. The molecular formula is C15H20N2O4. The van der Waals surface area contributed by atoms with Gasteiger partial charge >= 0.3 is 12.0 Å². The SMILES string of the molecule is CCN(CCO)C(=O)N1CCCc2c(C(=O)O)cccc21. The third-order valence-corrected chi connectivity index (χ3v) is 3.73. The predicted molar refractivity (Wildman–Crippen MR) is 78.8 cm³/mol. The second-order valence-corrected chi connectivity index (χ2v) is 4.95. The van der Waals surface area contributed by atoms with Gasteiger partial charge < -0.3 is 15.1 Å². The van der Waals surface area contributed by atoms with E-state index < -0.39 is 5.97 Å². The van der Waals surface area contributed by atoms with Gasteiger partial charge in [0.05, 0.1) is 12.2 Å². The maximum atomic E-state index is 12.6. The van der Waals surface area contributed by atoms with E-state index in [1.807, 2.05) is 6.92 Å². The molecule has 6 heteroatoms. The number of carbonyl (C=O) groups is 2. The Morgan fingerprint density at radius 1 is 1.38 bits per heavy atom. The summed E-state index contributed by atoms with van der Waals surface area (Å²) in [5, 5.41) is 18.3. The van der Waals surface area contributed by atoms with Crippen LogP contribution in [0.2, 0.25) is 0 Å². The van der Waals surface area contributed by atoms with Crippen LogP contribution in [0.1, 0.15) is 29.3 Å². The van der Waals surface area contributed by atoms with Crippen molar-refractivity contribution in [2.45, 2.75) is 19.8 Å². The van der Waals surface area contributed by atoms with Gasteiger partial charge in [-0.2, -0.15) is 0 Å². The van der Waals surface area contributed by atoms with Gasteiger partial charge in [0.15, 0.2) is 0 Å². The number of amides is 2. The number of carbonyl (C=O) groups excluding carboxylic acids is 1. The van der Waals surface area contributed by atoms with Crippen LogP contribution in [-0.4, -0.2) is 53.4 Å². The molecule has 0 saturated carbocycles. The number of aliphatic hydroxyl groups excluding tert-OH is 1. The average Bonchev–Trinajstić information content (AvgIpc) is 2.50. The third kappa shape index (κ3) is 3.00. The van der Waals surface area contributed by atoms with Crippen LogP contribution in [0.25, 0.3) is 0 Å². The number of carboxylic acids is 1. The number of benzene rings is 1. The minimum Gasteiger partial charge on any atom is -0.478 e. The molecule has 0 saturated heterocycles. The van der Waals surface area contributed by atoms with Gasteiger partial charge in [0.2, 0.25) is 0 Å². The quantitative estimate of drug-likeness (QED) is 0.882. The first-order valence-corrected chi connectivity index (χ1v) is 7.12. The maximum Gasteiger partial charge on any atom is 0.336 e. The molecule has 6 nitrogen and oxygen atoms in total. The highest BCUT2D eigenvalue weighted by Gasteiger charge is 2.28. The molecule has 0 atom stereocenters. The van der Waals surface area contributed by atoms with Gasteiger partial charge in [-0.15, -0.1) is 0 Å². The average molecular weight is 292 g/mol. The minimum atomic E-state index is -0.969. The number of aliphatic hydroxyl groups is 1. The van der Waals surface area contributed by atoms with Gasteiger partial charge in [0, 0.05) is 25.3 Å². The molecule has 0 radical (unpaired) electrons. The first-order valence-electron chi connectivity index (χ1n) is 7.12. The van der Waals surface area contributed by atoms with Crippen molar-refractivity contribution in [3.8, 4) is 0 Å². The van der Waals surface area contributed by atoms with Gasteiger partial charge in [0.25, 0.3) is 0 Å². The first-order chi connectivity index (χ1) is 10.1. The molecule has 1 aliphatic rings. The summed E-state index contributed by atoms with van der Waals surface area (Å²) in [6, 6.07) is 4.83. The van der Waals surface area contributed by atoms with Crippen molar-refractivity contribution in [2.24, 2.45) is 0 Å². The van der Waals surface area contributed by atoms with E-state index >= 15 is 0 Å². The summed E-state index contributed by atoms with van der Waals surface area (Å²) in [5.74, 6) is -0.969. The van der Waals surface area contributed by atoms with E-state index in [4.69, 9.17) is 5.11 Å². The van der Waals surface area contributed by atoms with Gasteiger partial charge in [-0.3, -0.25) is 4.90 Å². The monoisotopic (exact) mass is 292 g/mol. The predicted octanol–water partition coefficient (Wildman–Crippen LogP) is 1.57. The molecule has 0 unspecified atom stereocenters. The summed E-state index contributed by atoms with van der Waals surface area (Å²) in [4.78, 5) is 27.0. The summed E-state index contributed by atoms with van der Waals surface area (Å²) in [6.07, 6.45) is 1.40. The van der Waals surface area contributed by atoms with Crippen molar-refractivity contribution >= 4 is 17.7 Å². The lowest BCUT2D eigenvalue weighted by molar-refractivity contribution is 0.0695. The van der Waals surface area contributed by atoms with Crippen molar-refractivity contribution in [3.63, 3.8) is 0 Å². The van der Waals surface area contributed by atoms with Crippen LogP contribution >= 0.6 is 0 Å². The van der Waals surface area contributed by atoms with Crippen molar-refractivity contribution in [1.82, 2.24) is 4.90 Å². The molecule has 21 heavy (non-hydrogen) atoms. The second-order valence-electron chi connectivity index (χ2n) is 4.95. The van der Waals surface area contributed by atoms with Crippen LogP contribution in [0.5, 0.6) is 0 Å². The molecule has 0 bridgehead atoms. The molecule has 0 spiro atoms. The number of anilines is 1. The number of nitrogens with zero attached hydrogens (tertiary/aromatic N) is 2. The summed E-state index contributed by atoms with van der Waals surface area (Å²) in [6.45, 7) is 3.11. The Kier molecular flexibility index (Phi) is 4.80. The van der Waals surface area contributed by atoms with Crippen molar-refractivity contribution in [1.29, 1.82) is 0 Å². The molecule has 0 aromatic heterocycles. The van der Waals surface area contributed by atoms with Crippen molar-refractivity contribution in [2.75, 3.05) is 31.1 Å². The zero-order chi connectivity index (χ0) is 15.4. The lowest BCUT2D eigenvalue weighted by Gasteiger charge is -2.34. The molecule has 1 aromatic rings. The van der Waals surface area contributed by atoms with Crippen LogP contribution in [0.15, 0.2) is 18.2 Å². The van der Waals surface area contributed by atoms with Gasteiger partial charge in [-0.05, 0) is 37.5 Å². The van der Waals surface area contributed by atoms with E-state index in [1.165, 1.54) is 0 Å². The smallest absolute Gasteiger partial charge is 0.336 e. The number of hydrogen-bond acceptors (Lipinski definition) is 3. The topological polar surface area (TPSA) is 81.1 Å². The highest BCUT2D eigenvalue weighted by molar-refractivity contribution is 5.97. The Balaban J connectivity index is 2.36. The van der Waals surface area contributed by atoms with Crippen LogP contribution in [0.3, 0.4) is 0 Å². The van der Waals surface area contributed by atoms with Crippen molar-refractivity contribution < 1.29 is 19.8 Å². The van der Waals surface area contributed by atoms with E-state index in [0.29, 0.717) is 30.8 Å². The molecule has 0 aliphatic carbocycles. The summed E-state index contributed by atoms with van der Waals surface area (Å²) in [5.41, 5.74) is 1.64. The van der Waals surface area contributed by atoms with E-state index in [0.717, 1.165) is 6.42 Å².